The van der Waals surface area contributed by atoms with Crippen molar-refractivity contribution in [2.24, 2.45) is 5.41 Å². The monoisotopic (exact) mass is 319 g/mol. The van der Waals surface area contributed by atoms with Crippen molar-refractivity contribution < 1.29 is 9.84 Å². The highest BCUT2D eigenvalue weighted by Crippen LogP contribution is 2.29. The standard InChI is InChI=1S/C16H21N3O2S/c20-12-16(4-7-21-8-5-16)11-17-9-13-10-19-15(22-13)14-3-1-2-6-18-14/h1-3,6,10,17,20H,4-5,7-9,11-12H2. The Kier molecular flexibility index (Phi) is 5.15. The van der Waals surface area contributed by atoms with Gasteiger partial charge in [-0.2, -0.15) is 0 Å². The molecule has 5 nitrogen and oxygen atoms in total. The van der Waals surface area contributed by atoms with Crippen LogP contribution < -0.4 is 5.32 Å². The van der Waals surface area contributed by atoms with Crippen LogP contribution in [0.4, 0.5) is 0 Å². The number of pyridine rings is 1. The van der Waals surface area contributed by atoms with E-state index in [0.717, 1.165) is 49.8 Å². The van der Waals surface area contributed by atoms with E-state index in [1.807, 2.05) is 24.4 Å². The fourth-order valence-corrected chi connectivity index (χ4v) is 3.50. The Labute approximate surface area is 134 Å². The number of ether oxygens (including phenoxy) is 1. The second-order valence-electron chi connectivity index (χ2n) is 5.72. The molecular weight excluding hydrogens is 298 g/mol. The number of nitrogens with zero attached hydrogens (tertiary/aromatic N) is 2. The molecule has 3 rings (SSSR count). The van der Waals surface area contributed by atoms with Gasteiger partial charge in [-0.05, 0) is 25.0 Å². The van der Waals surface area contributed by atoms with E-state index in [9.17, 15) is 5.11 Å². The van der Waals surface area contributed by atoms with Crippen molar-refractivity contribution >= 4 is 11.3 Å². The molecule has 1 fully saturated rings. The van der Waals surface area contributed by atoms with E-state index in [0.29, 0.717) is 0 Å². The van der Waals surface area contributed by atoms with E-state index in [-0.39, 0.29) is 12.0 Å². The van der Waals surface area contributed by atoms with Gasteiger partial charge in [-0.15, -0.1) is 11.3 Å². The topological polar surface area (TPSA) is 67.3 Å². The Morgan fingerprint density at radius 1 is 1.27 bits per heavy atom. The highest BCUT2D eigenvalue weighted by atomic mass is 32.1. The summed E-state index contributed by atoms with van der Waals surface area (Å²) in [5.74, 6) is 0. The Morgan fingerprint density at radius 2 is 2.14 bits per heavy atom. The minimum atomic E-state index is -0.0350. The number of aromatic nitrogens is 2. The maximum atomic E-state index is 9.68. The summed E-state index contributed by atoms with van der Waals surface area (Å²) in [4.78, 5) is 9.94. The van der Waals surface area contributed by atoms with Crippen molar-refractivity contribution in [3.05, 3.63) is 35.5 Å². The number of nitrogens with one attached hydrogen (secondary N) is 1. The van der Waals surface area contributed by atoms with Crippen molar-refractivity contribution in [1.82, 2.24) is 15.3 Å². The van der Waals surface area contributed by atoms with Gasteiger partial charge in [0.1, 0.15) is 5.01 Å². The molecule has 0 radical (unpaired) electrons. The van der Waals surface area contributed by atoms with Crippen LogP contribution in [0.2, 0.25) is 0 Å². The molecule has 0 unspecified atom stereocenters. The zero-order valence-corrected chi connectivity index (χ0v) is 13.3. The molecule has 22 heavy (non-hydrogen) atoms. The largest absolute Gasteiger partial charge is 0.396 e. The molecule has 3 heterocycles. The molecule has 0 aliphatic carbocycles. The van der Waals surface area contributed by atoms with Crippen molar-refractivity contribution in [3.8, 4) is 10.7 Å². The first-order valence-electron chi connectivity index (χ1n) is 7.57. The summed E-state index contributed by atoms with van der Waals surface area (Å²) in [6.45, 7) is 3.28. The maximum Gasteiger partial charge on any atom is 0.142 e. The van der Waals surface area contributed by atoms with Crippen LogP contribution in [0.15, 0.2) is 30.6 Å². The van der Waals surface area contributed by atoms with Gasteiger partial charge < -0.3 is 15.2 Å². The number of thiazole rings is 1. The summed E-state index contributed by atoms with van der Waals surface area (Å²) in [6, 6.07) is 5.85. The Hall–Kier alpha value is -1.34. The van der Waals surface area contributed by atoms with Gasteiger partial charge in [0.2, 0.25) is 0 Å². The second kappa shape index (κ2) is 7.28. The van der Waals surface area contributed by atoms with Crippen LogP contribution in [0.3, 0.4) is 0 Å². The van der Waals surface area contributed by atoms with Crippen molar-refractivity contribution in [1.29, 1.82) is 0 Å². The molecule has 0 bridgehead atoms. The average Bonchev–Trinajstić information content (AvgIpc) is 3.05. The van der Waals surface area contributed by atoms with E-state index in [2.05, 4.69) is 15.3 Å². The van der Waals surface area contributed by atoms with E-state index in [1.54, 1.807) is 17.5 Å². The smallest absolute Gasteiger partial charge is 0.142 e. The van der Waals surface area contributed by atoms with Crippen LogP contribution in [-0.2, 0) is 11.3 Å². The molecule has 2 aromatic heterocycles. The van der Waals surface area contributed by atoms with Crippen LogP contribution in [-0.4, -0.2) is 41.4 Å². The lowest BCUT2D eigenvalue weighted by molar-refractivity contribution is -0.0153. The first kappa shape index (κ1) is 15.6. The van der Waals surface area contributed by atoms with Gasteiger partial charge in [-0.3, -0.25) is 4.98 Å². The third-order valence-electron chi connectivity index (χ3n) is 4.13. The highest BCUT2D eigenvalue weighted by Gasteiger charge is 2.31. The Morgan fingerprint density at radius 3 is 2.86 bits per heavy atom. The lowest BCUT2D eigenvalue weighted by Gasteiger charge is -2.35. The Balaban J connectivity index is 1.55. The summed E-state index contributed by atoms with van der Waals surface area (Å²) in [5.41, 5.74) is 0.877. The summed E-state index contributed by atoms with van der Waals surface area (Å²) < 4.78 is 5.39. The number of aliphatic hydroxyl groups is 1. The third-order valence-corrected chi connectivity index (χ3v) is 5.15. The Bertz CT molecular complexity index is 582. The normalized spacial score (nSPS) is 17.5. The molecular formula is C16H21N3O2S. The van der Waals surface area contributed by atoms with Gasteiger partial charge in [0.15, 0.2) is 0 Å². The number of hydrogen-bond donors (Lipinski definition) is 2. The number of hydrogen-bond acceptors (Lipinski definition) is 6. The lowest BCUT2D eigenvalue weighted by Crippen LogP contribution is -2.41. The van der Waals surface area contributed by atoms with Crippen LogP contribution in [0.5, 0.6) is 0 Å². The lowest BCUT2D eigenvalue weighted by atomic mass is 9.81. The molecule has 118 valence electrons. The van der Waals surface area contributed by atoms with Gasteiger partial charge in [-0.1, -0.05) is 6.07 Å². The molecule has 1 saturated heterocycles. The molecule has 1 aliphatic rings. The highest BCUT2D eigenvalue weighted by molar-refractivity contribution is 7.14. The van der Waals surface area contributed by atoms with Crippen molar-refractivity contribution in [2.75, 3.05) is 26.4 Å². The van der Waals surface area contributed by atoms with Crippen molar-refractivity contribution in [3.63, 3.8) is 0 Å². The molecule has 0 saturated carbocycles. The molecule has 0 amide bonds. The predicted octanol–water partition coefficient (Wildman–Crippen LogP) is 2.08. The van der Waals surface area contributed by atoms with E-state index >= 15 is 0 Å². The first-order chi connectivity index (χ1) is 10.8. The molecule has 6 heteroatoms. The van der Waals surface area contributed by atoms with E-state index in [4.69, 9.17) is 4.74 Å². The fraction of sp³-hybridized carbons (Fsp3) is 0.500. The van der Waals surface area contributed by atoms with Gasteiger partial charge in [0.25, 0.3) is 0 Å². The number of rotatable bonds is 6. The van der Waals surface area contributed by atoms with Gasteiger partial charge in [0.05, 0.1) is 12.3 Å². The minimum Gasteiger partial charge on any atom is -0.396 e. The van der Waals surface area contributed by atoms with Crippen LogP contribution >= 0.6 is 11.3 Å². The zero-order chi connectivity index (χ0) is 15.3. The summed E-state index contributed by atoms with van der Waals surface area (Å²) in [6.07, 6.45) is 5.51. The molecule has 0 atom stereocenters. The first-order valence-corrected chi connectivity index (χ1v) is 8.38. The summed E-state index contributed by atoms with van der Waals surface area (Å²) in [5, 5.41) is 14.1. The zero-order valence-electron chi connectivity index (χ0n) is 12.5. The predicted molar refractivity (Wildman–Crippen MR) is 86.6 cm³/mol. The SMILES string of the molecule is OCC1(CNCc2cnc(-c3ccccn3)s2)CCOCC1. The summed E-state index contributed by atoms with van der Waals surface area (Å²) in [7, 11) is 0. The van der Waals surface area contributed by atoms with Gasteiger partial charge in [-0.25, -0.2) is 4.98 Å². The minimum absolute atomic E-state index is 0.0350. The molecule has 2 aromatic rings. The van der Waals surface area contributed by atoms with E-state index in [1.165, 1.54) is 4.88 Å². The quantitative estimate of drug-likeness (QED) is 0.853. The van der Waals surface area contributed by atoms with Crippen LogP contribution in [0, 0.1) is 5.41 Å². The third kappa shape index (κ3) is 3.70. The average molecular weight is 319 g/mol. The van der Waals surface area contributed by atoms with Crippen LogP contribution in [0.25, 0.3) is 10.7 Å². The number of aliphatic hydroxyl groups excluding tert-OH is 1. The molecule has 0 spiro atoms. The molecule has 2 N–H and O–H groups in total. The van der Waals surface area contributed by atoms with Crippen molar-refractivity contribution in [2.45, 2.75) is 19.4 Å². The van der Waals surface area contributed by atoms with Gasteiger partial charge in [0, 0.05) is 49.0 Å². The second-order valence-corrected chi connectivity index (χ2v) is 6.84. The summed E-state index contributed by atoms with van der Waals surface area (Å²) >= 11 is 1.66. The molecule has 0 aromatic carbocycles. The van der Waals surface area contributed by atoms with Crippen LogP contribution in [0.1, 0.15) is 17.7 Å². The maximum absolute atomic E-state index is 9.68. The van der Waals surface area contributed by atoms with E-state index < -0.39 is 0 Å². The fourth-order valence-electron chi connectivity index (χ4n) is 2.64. The molecule has 1 aliphatic heterocycles. The van der Waals surface area contributed by atoms with Gasteiger partial charge >= 0.3 is 0 Å².